The van der Waals surface area contributed by atoms with E-state index in [1.54, 1.807) is 0 Å². The fourth-order valence-corrected chi connectivity index (χ4v) is 1.91. The molecule has 0 aliphatic heterocycles. The summed E-state index contributed by atoms with van der Waals surface area (Å²) in [6.45, 7) is 3.50. The van der Waals surface area contributed by atoms with Gasteiger partial charge in [0.2, 0.25) is 0 Å². The minimum atomic E-state index is -0.901. The van der Waals surface area contributed by atoms with E-state index in [0.29, 0.717) is 5.92 Å². The number of aryl methyl sites for hydroxylation is 1. The summed E-state index contributed by atoms with van der Waals surface area (Å²) in [6, 6.07) is 2.98. The van der Waals surface area contributed by atoms with Gasteiger partial charge in [-0.3, -0.25) is 0 Å². The SMILES string of the molecule is Cc1ccc(C(O)C2CC2C)c(F)c1F. The molecule has 1 aliphatic rings. The lowest BCUT2D eigenvalue weighted by molar-refractivity contribution is 0.142. The molecule has 0 bridgehead atoms. The van der Waals surface area contributed by atoms with Crippen molar-refractivity contribution < 1.29 is 13.9 Å². The van der Waals surface area contributed by atoms with Crippen molar-refractivity contribution >= 4 is 0 Å². The second kappa shape index (κ2) is 3.56. The molecule has 1 nitrogen and oxygen atoms in total. The molecule has 15 heavy (non-hydrogen) atoms. The fraction of sp³-hybridized carbons (Fsp3) is 0.500. The number of hydrogen-bond acceptors (Lipinski definition) is 1. The quantitative estimate of drug-likeness (QED) is 0.799. The summed E-state index contributed by atoms with van der Waals surface area (Å²) in [5, 5.41) is 9.82. The molecule has 0 heterocycles. The van der Waals surface area contributed by atoms with Gasteiger partial charge in [0.1, 0.15) is 0 Å². The zero-order valence-corrected chi connectivity index (χ0v) is 8.80. The smallest absolute Gasteiger partial charge is 0.164 e. The summed E-state index contributed by atoms with van der Waals surface area (Å²) < 4.78 is 26.7. The van der Waals surface area contributed by atoms with Crippen LogP contribution in [0.25, 0.3) is 0 Å². The van der Waals surface area contributed by atoms with Crippen LogP contribution in [0.1, 0.15) is 30.6 Å². The molecule has 0 saturated heterocycles. The van der Waals surface area contributed by atoms with Crippen molar-refractivity contribution in [2.45, 2.75) is 26.4 Å². The van der Waals surface area contributed by atoms with Gasteiger partial charge >= 0.3 is 0 Å². The lowest BCUT2D eigenvalue weighted by Gasteiger charge is -2.12. The zero-order chi connectivity index (χ0) is 11.2. The first-order chi connectivity index (χ1) is 7.02. The second-order valence-electron chi connectivity index (χ2n) is 4.42. The normalized spacial score (nSPS) is 26.5. The summed E-state index contributed by atoms with van der Waals surface area (Å²) in [5.74, 6) is -1.26. The van der Waals surface area contributed by atoms with Crippen molar-refractivity contribution in [2.75, 3.05) is 0 Å². The van der Waals surface area contributed by atoms with Gasteiger partial charge in [-0.15, -0.1) is 0 Å². The van der Waals surface area contributed by atoms with E-state index in [1.807, 2.05) is 6.92 Å². The Balaban J connectivity index is 2.32. The first kappa shape index (κ1) is 10.6. The Bertz CT molecular complexity index is 389. The summed E-state index contributed by atoms with van der Waals surface area (Å²) in [6.07, 6.45) is 0.0194. The first-order valence-electron chi connectivity index (χ1n) is 5.15. The van der Waals surface area contributed by atoms with Crippen molar-refractivity contribution in [3.8, 4) is 0 Å². The van der Waals surface area contributed by atoms with E-state index >= 15 is 0 Å². The Labute approximate surface area is 87.7 Å². The maximum absolute atomic E-state index is 13.5. The van der Waals surface area contributed by atoms with Gasteiger partial charge in [-0.2, -0.15) is 0 Å². The molecule has 3 atom stereocenters. The van der Waals surface area contributed by atoms with Crippen LogP contribution < -0.4 is 0 Å². The first-order valence-corrected chi connectivity index (χ1v) is 5.15. The standard InChI is InChI=1S/C12H14F2O/c1-6-3-4-8(11(14)10(6)13)12(15)9-5-7(9)2/h3-4,7,9,12,15H,5H2,1-2H3. The molecule has 1 aromatic carbocycles. The summed E-state index contributed by atoms with van der Waals surface area (Å²) in [7, 11) is 0. The van der Waals surface area contributed by atoms with E-state index < -0.39 is 17.7 Å². The Kier molecular flexibility index (Phi) is 2.51. The molecule has 82 valence electrons. The molecule has 3 heteroatoms. The van der Waals surface area contributed by atoms with Crippen LogP contribution in [-0.4, -0.2) is 5.11 Å². The molecule has 1 aliphatic carbocycles. The van der Waals surface area contributed by atoms with E-state index in [0.717, 1.165) is 6.42 Å². The number of halogens is 2. The third kappa shape index (κ3) is 1.76. The molecule has 3 unspecified atom stereocenters. The maximum Gasteiger partial charge on any atom is 0.164 e. The van der Waals surface area contributed by atoms with Gasteiger partial charge in [-0.25, -0.2) is 8.78 Å². The number of aliphatic hydroxyl groups excluding tert-OH is 1. The van der Waals surface area contributed by atoms with Crippen LogP contribution in [0.15, 0.2) is 12.1 Å². The van der Waals surface area contributed by atoms with Crippen molar-refractivity contribution in [2.24, 2.45) is 11.8 Å². The molecular weight excluding hydrogens is 198 g/mol. The average Bonchev–Trinajstić information content (AvgIpc) is 2.91. The molecule has 0 spiro atoms. The average molecular weight is 212 g/mol. The summed E-state index contributed by atoms with van der Waals surface area (Å²) >= 11 is 0. The van der Waals surface area contributed by atoms with E-state index in [4.69, 9.17) is 0 Å². The lowest BCUT2D eigenvalue weighted by Crippen LogP contribution is -2.06. The van der Waals surface area contributed by atoms with Crippen molar-refractivity contribution in [1.82, 2.24) is 0 Å². The van der Waals surface area contributed by atoms with Crippen LogP contribution in [0.3, 0.4) is 0 Å². The van der Waals surface area contributed by atoms with Gasteiger partial charge in [-0.05, 0) is 30.7 Å². The molecule has 2 rings (SSSR count). The van der Waals surface area contributed by atoms with Gasteiger partial charge in [0, 0.05) is 5.56 Å². The van der Waals surface area contributed by atoms with Gasteiger partial charge in [0.05, 0.1) is 6.10 Å². The van der Waals surface area contributed by atoms with Gasteiger partial charge in [-0.1, -0.05) is 19.1 Å². The molecule has 0 radical (unpaired) electrons. The third-order valence-corrected chi connectivity index (χ3v) is 3.20. The highest BCUT2D eigenvalue weighted by Gasteiger charge is 2.40. The molecule has 1 fully saturated rings. The number of aliphatic hydroxyl groups is 1. The van der Waals surface area contributed by atoms with Crippen LogP contribution in [0.4, 0.5) is 8.78 Å². The second-order valence-corrected chi connectivity index (χ2v) is 4.42. The van der Waals surface area contributed by atoms with Crippen LogP contribution >= 0.6 is 0 Å². The highest BCUT2D eigenvalue weighted by Crippen LogP contribution is 2.47. The minimum absolute atomic E-state index is 0.0848. The number of rotatable bonds is 2. The number of benzene rings is 1. The van der Waals surface area contributed by atoms with Crippen molar-refractivity contribution in [3.05, 3.63) is 34.9 Å². The van der Waals surface area contributed by atoms with Crippen LogP contribution in [0.5, 0.6) is 0 Å². The summed E-state index contributed by atoms with van der Waals surface area (Å²) in [4.78, 5) is 0. The molecule has 1 N–H and O–H groups in total. The zero-order valence-electron chi connectivity index (χ0n) is 8.80. The van der Waals surface area contributed by atoms with Crippen LogP contribution in [0.2, 0.25) is 0 Å². The van der Waals surface area contributed by atoms with Crippen LogP contribution in [0, 0.1) is 30.4 Å². The van der Waals surface area contributed by atoms with E-state index in [-0.39, 0.29) is 17.0 Å². The largest absolute Gasteiger partial charge is 0.388 e. The monoisotopic (exact) mass is 212 g/mol. The third-order valence-electron chi connectivity index (χ3n) is 3.20. The van der Waals surface area contributed by atoms with Gasteiger partial charge in [0.15, 0.2) is 11.6 Å². The van der Waals surface area contributed by atoms with Crippen molar-refractivity contribution in [1.29, 1.82) is 0 Å². The molecule has 1 saturated carbocycles. The Morgan fingerprint density at radius 3 is 2.47 bits per heavy atom. The highest BCUT2D eigenvalue weighted by atomic mass is 19.2. The fourth-order valence-electron chi connectivity index (χ4n) is 1.91. The molecular formula is C12H14F2O. The van der Waals surface area contributed by atoms with E-state index in [9.17, 15) is 13.9 Å². The highest BCUT2D eigenvalue weighted by molar-refractivity contribution is 5.28. The minimum Gasteiger partial charge on any atom is -0.388 e. The Morgan fingerprint density at radius 2 is 1.93 bits per heavy atom. The Hall–Kier alpha value is -0.960. The topological polar surface area (TPSA) is 20.2 Å². The predicted octanol–water partition coefficient (Wildman–Crippen LogP) is 2.96. The molecule has 1 aromatic rings. The van der Waals surface area contributed by atoms with Gasteiger partial charge in [0.25, 0.3) is 0 Å². The van der Waals surface area contributed by atoms with E-state index in [1.165, 1.54) is 19.1 Å². The lowest BCUT2D eigenvalue weighted by atomic mass is 10.0. The summed E-state index contributed by atoms with van der Waals surface area (Å²) in [5.41, 5.74) is 0.361. The molecule has 0 amide bonds. The van der Waals surface area contributed by atoms with Gasteiger partial charge < -0.3 is 5.11 Å². The van der Waals surface area contributed by atoms with E-state index in [2.05, 4.69) is 0 Å². The predicted molar refractivity (Wildman–Crippen MR) is 53.3 cm³/mol. The Morgan fingerprint density at radius 1 is 1.33 bits per heavy atom. The van der Waals surface area contributed by atoms with Crippen LogP contribution in [-0.2, 0) is 0 Å². The van der Waals surface area contributed by atoms with Crippen molar-refractivity contribution in [3.63, 3.8) is 0 Å². The maximum atomic E-state index is 13.5. The number of hydrogen-bond donors (Lipinski definition) is 1. The molecule has 0 aromatic heterocycles.